The largest absolute Gasteiger partial charge is 0.323 e. The molecule has 0 bridgehead atoms. The smallest absolute Gasteiger partial charge is 0.244 e. The number of thiophene rings is 1. The van der Waals surface area contributed by atoms with Crippen LogP contribution >= 0.6 is 23.1 Å². The summed E-state index contributed by atoms with van der Waals surface area (Å²) in [6.45, 7) is 1.86. The lowest BCUT2D eigenvalue weighted by molar-refractivity contribution is -0.121. The predicted molar refractivity (Wildman–Crippen MR) is 100 cm³/mol. The average molecular weight is 370 g/mol. The topological polar surface area (TPSA) is 75.2 Å². The number of hydrogen-bond acceptors (Lipinski definition) is 6. The van der Waals surface area contributed by atoms with Gasteiger partial charge in [-0.2, -0.15) is 0 Å². The Morgan fingerprint density at radius 3 is 3.04 bits per heavy atom. The SMILES string of the molecule is C[C@H](Sc1ncnc2ccsc12)C(=O)N1CC(=O)Nc2ccccc21. The highest BCUT2D eigenvalue weighted by molar-refractivity contribution is 8.00. The van der Waals surface area contributed by atoms with E-state index in [2.05, 4.69) is 15.3 Å². The van der Waals surface area contributed by atoms with Gasteiger partial charge in [0.25, 0.3) is 0 Å². The summed E-state index contributed by atoms with van der Waals surface area (Å²) in [6.07, 6.45) is 1.51. The fourth-order valence-corrected chi connectivity index (χ4v) is 4.62. The molecule has 6 nitrogen and oxygen atoms in total. The highest BCUT2D eigenvalue weighted by atomic mass is 32.2. The lowest BCUT2D eigenvalue weighted by Crippen LogP contribution is -2.45. The average Bonchev–Trinajstić information content (AvgIpc) is 3.10. The van der Waals surface area contributed by atoms with Crippen LogP contribution in [0.5, 0.6) is 0 Å². The summed E-state index contributed by atoms with van der Waals surface area (Å²) < 4.78 is 0.976. The second-order valence-corrected chi connectivity index (χ2v) is 7.81. The number of carbonyl (C=O) groups is 2. The first-order chi connectivity index (χ1) is 12.1. The predicted octanol–water partition coefficient (Wildman–Crippen LogP) is 3.16. The third-order valence-corrected chi connectivity index (χ3v) is 6.01. The minimum atomic E-state index is -0.376. The summed E-state index contributed by atoms with van der Waals surface area (Å²) in [7, 11) is 0. The van der Waals surface area contributed by atoms with Crippen molar-refractivity contribution in [1.82, 2.24) is 9.97 Å². The molecule has 3 heterocycles. The number of hydrogen-bond donors (Lipinski definition) is 1. The van der Waals surface area contributed by atoms with E-state index in [1.807, 2.05) is 36.6 Å². The van der Waals surface area contributed by atoms with E-state index in [0.717, 1.165) is 20.9 Å². The third kappa shape index (κ3) is 2.98. The molecule has 1 aliphatic heterocycles. The Kier molecular flexibility index (Phi) is 4.14. The van der Waals surface area contributed by atoms with Crippen LogP contribution in [0.4, 0.5) is 11.4 Å². The zero-order valence-electron chi connectivity index (χ0n) is 13.3. The van der Waals surface area contributed by atoms with Gasteiger partial charge in [0.1, 0.15) is 17.9 Å². The van der Waals surface area contributed by atoms with Crippen LogP contribution in [0.2, 0.25) is 0 Å². The van der Waals surface area contributed by atoms with E-state index < -0.39 is 0 Å². The fourth-order valence-electron chi connectivity index (χ4n) is 2.72. The van der Waals surface area contributed by atoms with Gasteiger partial charge in [0.05, 0.1) is 26.8 Å². The van der Waals surface area contributed by atoms with Gasteiger partial charge >= 0.3 is 0 Å². The number of anilines is 2. The van der Waals surface area contributed by atoms with Crippen molar-refractivity contribution >= 4 is 56.5 Å². The Balaban J connectivity index is 1.61. The summed E-state index contributed by atoms with van der Waals surface area (Å²) in [5.74, 6) is -0.303. The second-order valence-electron chi connectivity index (χ2n) is 5.56. The normalized spacial score (nSPS) is 14.9. The van der Waals surface area contributed by atoms with Crippen LogP contribution < -0.4 is 10.2 Å². The minimum Gasteiger partial charge on any atom is -0.323 e. The highest BCUT2D eigenvalue weighted by Crippen LogP contribution is 2.34. The van der Waals surface area contributed by atoms with E-state index in [9.17, 15) is 9.59 Å². The molecule has 3 aromatic rings. The summed E-state index contributed by atoms with van der Waals surface area (Å²) >= 11 is 2.95. The lowest BCUT2D eigenvalue weighted by atomic mass is 10.2. The first-order valence-electron chi connectivity index (χ1n) is 7.68. The van der Waals surface area contributed by atoms with Crippen molar-refractivity contribution < 1.29 is 9.59 Å². The summed E-state index contributed by atoms with van der Waals surface area (Å²) in [5, 5.41) is 5.17. The minimum absolute atomic E-state index is 0.0267. The Morgan fingerprint density at radius 2 is 2.16 bits per heavy atom. The van der Waals surface area contributed by atoms with Crippen molar-refractivity contribution in [2.45, 2.75) is 17.2 Å². The number of nitrogens with one attached hydrogen (secondary N) is 1. The zero-order valence-corrected chi connectivity index (χ0v) is 14.9. The molecule has 0 spiro atoms. The Hall–Kier alpha value is -2.45. The van der Waals surface area contributed by atoms with Crippen LogP contribution in [0.1, 0.15) is 6.92 Å². The molecule has 0 aliphatic carbocycles. The molecule has 1 aliphatic rings. The van der Waals surface area contributed by atoms with Crippen molar-refractivity contribution in [2.24, 2.45) is 0 Å². The van der Waals surface area contributed by atoms with E-state index in [-0.39, 0.29) is 23.6 Å². The van der Waals surface area contributed by atoms with Gasteiger partial charge in [-0.05, 0) is 30.5 Å². The molecule has 1 aromatic carbocycles. The van der Waals surface area contributed by atoms with E-state index >= 15 is 0 Å². The van der Waals surface area contributed by atoms with Crippen molar-refractivity contribution in [3.8, 4) is 0 Å². The number of thioether (sulfide) groups is 1. The highest BCUT2D eigenvalue weighted by Gasteiger charge is 2.30. The molecule has 126 valence electrons. The van der Waals surface area contributed by atoms with Crippen LogP contribution in [-0.2, 0) is 9.59 Å². The van der Waals surface area contributed by atoms with Crippen molar-refractivity contribution in [1.29, 1.82) is 0 Å². The number of para-hydroxylation sites is 2. The van der Waals surface area contributed by atoms with Crippen molar-refractivity contribution in [3.63, 3.8) is 0 Å². The van der Waals surface area contributed by atoms with E-state index in [4.69, 9.17) is 0 Å². The first-order valence-corrected chi connectivity index (χ1v) is 9.44. The zero-order chi connectivity index (χ0) is 17.4. The Morgan fingerprint density at radius 1 is 1.32 bits per heavy atom. The number of fused-ring (bicyclic) bond motifs is 2. The number of nitrogens with zero attached hydrogens (tertiary/aromatic N) is 3. The van der Waals surface area contributed by atoms with Crippen LogP contribution in [0.3, 0.4) is 0 Å². The standard InChI is InChI=1S/C17H14N4O2S2/c1-10(25-16-15-12(6-7-24-15)18-9-19-16)17(23)21-8-14(22)20-11-4-2-3-5-13(11)21/h2-7,9-10H,8H2,1H3,(H,20,22)/t10-/m0/s1. The third-order valence-electron chi connectivity index (χ3n) is 3.88. The molecular formula is C17H14N4O2S2. The Bertz CT molecular complexity index is 972. The van der Waals surface area contributed by atoms with E-state index in [1.54, 1.807) is 22.3 Å². The molecule has 0 radical (unpaired) electrons. The Labute approximate surface area is 152 Å². The summed E-state index contributed by atoms with van der Waals surface area (Å²) in [6, 6.07) is 9.26. The fraction of sp³-hybridized carbons (Fsp3) is 0.176. The van der Waals surface area contributed by atoms with Gasteiger partial charge in [0.15, 0.2) is 0 Å². The first kappa shape index (κ1) is 16.0. The molecule has 2 aromatic heterocycles. The molecule has 8 heteroatoms. The quantitative estimate of drug-likeness (QED) is 0.566. The van der Waals surface area contributed by atoms with Gasteiger partial charge in [0.2, 0.25) is 11.8 Å². The molecule has 0 fully saturated rings. The molecule has 1 atom stereocenters. The van der Waals surface area contributed by atoms with Crippen LogP contribution in [0.25, 0.3) is 10.2 Å². The maximum atomic E-state index is 13.0. The number of aromatic nitrogens is 2. The van der Waals surface area contributed by atoms with Crippen LogP contribution in [-0.4, -0.2) is 33.6 Å². The van der Waals surface area contributed by atoms with Crippen LogP contribution in [0, 0.1) is 0 Å². The maximum Gasteiger partial charge on any atom is 0.244 e. The van der Waals surface area contributed by atoms with Crippen molar-refractivity contribution in [2.75, 3.05) is 16.8 Å². The van der Waals surface area contributed by atoms with Gasteiger partial charge in [-0.25, -0.2) is 9.97 Å². The van der Waals surface area contributed by atoms with E-state index in [0.29, 0.717) is 5.69 Å². The number of carbonyl (C=O) groups excluding carboxylic acids is 2. The summed E-state index contributed by atoms with van der Waals surface area (Å²) in [4.78, 5) is 35.0. The molecule has 1 N–H and O–H groups in total. The molecular weight excluding hydrogens is 356 g/mol. The van der Waals surface area contributed by atoms with Gasteiger partial charge in [0, 0.05) is 0 Å². The van der Waals surface area contributed by atoms with Gasteiger partial charge in [-0.1, -0.05) is 23.9 Å². The van der Waals surface area contributed by atoms with Gasteiger partial charge in [-0.3, -0.25) is 14.5 Å². The van der Waals surface area contributed by atoms with E-state index in [1.165, 1.54) is 18.1 Å². The van der Waals surface area contributed by atoms with Crippen molar-refractivity contribution in [3.05, 3.63) is 42.0 Å². The molecule has 0 unspecified atom stereocenters. The molecule has 4 rings (SSSR count). The molecule has 0 saturated carbocycles. The van der Waals surface area contributed by atoms with Gasteiger partial charge in [-0.15, -0.1) is 11.3 Å². The molecule has 2 amide bonds. The number of amides is 2. The second kappa shape index (κ2) is 6.45. The summed E-state index contributed by atoms with van der Waals surface area (Å²) in [5.41, 5.74) is 2.26. The molecule has 0 saturated heterocycles. The molecule has 25 heavy (non-hydrogen) atoms. The maximum absolute atomic E-state index is 13.0. The monoisotopic (exact) mass is 370 g/mol. The number of benzene rings is 1. The van der Waals surface area contributed by atoms with Gasteiger partial charge < -0.3 is 5.32 Å². The van der Waals surface area contributed by atoms with Crippen LogP contribution in [0.15, 0.2) is 47.1 Å². The lowest BCUT2D eigenvalue weighted by Gasteiger charge is -2.30. The number of rotatable bonds is 3.